The first-order chi connectivity index (χ1) is 13.2. The monoisotopic (exact) mass is 407 g/mol. The van der Waals surface area contributed by atoms with Crippen molar-refractivity contribution < 1.29 is 14.3 Å². The molecule has 0 bridgehead atoms. The average Bonchev–Trinajstić information content (AvgIpc) is 3.43. The van der Waals surface area contributed by atoms with Crippen molar-refractivity contribution in [2.75, 3.05) is 39.3 Å². The van der Waals surface area contributed by atoms with Crippen molar-refractivity contribution in [3.8, 4) is 0 Å². The van der Waals surface area contributed by atoms with E-state index in [2.05, 4.69) is 10.2 Å². The van der Waals surface area contributed by atoms with Crippen molar-refractivity contribution in [3.05, 3.63) is 34.9 Å². The Hall–Kier alpha value is -1.79. The van der Waals surface area contributed by atoms with Crippen LogP contribution in [0.25, 0.3) is 0 Å². The Morgan fingerprint density at radius 1 is 1.18 bits per heavy atom. The summed E-state index contributed by atoms with van der Waals surface area (Å²) in [6, 6.07) is 7.60. The molecule has 1 N–H and O–H groups in total. The molecule has 0 radical (unpaired) electrons. The zero-order valence-electron chi connectivity index (χ0n) is 17.0. The summed E-state index contributed by atoms with van der Waals surface area (Å²) in [6.07, 6.45) is 1.49. The molecule has 154 valence electrons. The van der Waals surface area contributed by atoms with Crippen LogP contribution in [-0.2, 0) is 14.9 Å². The van der Waals surface area contributed by atoms with Crippen LogP contribution in [0.1, 0.15) is 39.2 Å². The number of nitrogens with zero attached hydrogens (tertiary/aromatic N) is 2. The second kappa shape index (κ2) is 8.29. The van der Waals surface area contributed by atoms with Crippen molar-refractivity contribution in [1.82, 2.24) is 15.1 Å². The number of amides is 2. The van der Waals surface area contributed by atoms with E-state index in [4.69, 9.17) is 16.3 Å². The van der Waals surface area contributed by atoms with Crippen LogP contribution in [-0.4, -0.2) is 66.7 Å². The molecule has 0 spiro atoms. The molecule has 0 atom stereocenters. The number of carbonyl (C=O) groups is 2. The molecule has 2 amide bonds. The molecule has 6 nitrogen and oxygen atoms in total. The zero-order valence-corrected chi connectivity index (χ0v) is 17.7. The van der Waals surface area contributed by atoms with E-state index in [-0.39, 0.29) is 12.0 Å². The second-order valence-electron chi connectivity index (χ2n) is 8.66. The van der Waals surface area contributed by atoms with Crippen LogP contribution >= 0.6 is 11.6 Å². The Kier molecular flexibility index (Phi) is 6.20. The van der Waals surface area contributed by atoms with Crippen LogP contribution in [0.4, 0.5) is 4.79 Å². The molecule has 1 aromatic rings. The summed E-state index contributed by atoms with van der Waals surface area (Å²) in [6.45, 7) is 9.88. The van der Waals surface area contributed by atoms with E-state index in [0.717, 1.165) is 38.0 Å². The first-order valence-corrected chi connectivity index (χ1v) is 10.3. The van der Waals surface area contributed by atoms with Crippen molar-refractivity contribution in [2.24, 2.45) is 0 Å². The lowest BCUT2D eigenvalue weighted by Gasteiger charge is -2.35. The third-order valence-corrected chi connectivity index (χ3v) is 5.53. The van der Waals surface area contributed by atoms with E-state index in [1.807, 2.05) is 45.0 Å². The summed E-state index contributed by atoms with van der Waals surface area (Å²) < 4.78 is 5.42. The molecule has 2 aliphatic rings. The van der Waals surface area contributed by atoms with Crippen molar-refractivity contribution in [1.29, 1.82) is 0 Å². The predicted octanol–water partition coefficient (Wildman–Crippen LogP) is 3.04. The molecule has 28 heavy (non-hydrogen) atoms. The lowest BCUT2D eigenvalue weighted by molar-refractivity contribution is -0.123. The Morgan fingerprint density at radius 2 is 1.86 bits per heavy atom. The minimum atomic E-state index is -0.472. The van der Waals surface area contributed by atoms with Gasteiger partial charge in [-0.2, -0.15) is 0 Å². The van der Waals surface area contributed by atoms with E-state index >= 15 is 0 Å². The van der Waals surface area contributed by atoms with E-state index in [9.17, 15) is 9.59 Å². The van der Waals surface area contributed by atoms with Crippen molar-refractivity contribution in [3.63, 3.8) is 0 Å². The summed E-state index contributed by atoms with van der Waals surface area (Å²) >= 11 is 6.08. The maximum atomic E-state index is 12.7. The molecule has 1 saturated carbocycles. The van der Waals surface area contributed by atoms with E-state index in [1.165, 1.54) is 0 Å². The van der Waals surface area contributed by atoms with E-state index in [1.54, 1.807) is 4.90 Å². The van der Waals surface area contributed by atoms with Crippen molar-refractivity contribution >= 4 is 23.6 Å². The Bertz CT molecular complexity index is 720. The number of hydrogen-bond donors (Lipinski definition) is 1. The number of carbonyl (C=O) groups excluding carboxylic acids is 2. The number of hydrogen-bond acceptors (Lipinski definition) is 4. The first-order valence-electron chi connectivity index (χ1n) is 9.94. The minimum absolute atomic E-state index is 0.0853. The van der Waals surface area contributed by atoms with Gasteiger partial charge >= 0.3 is 6.09 Å². The highest BCUT2D eigenvalue weighted by atomic mass is 35.5. The first kappa shape index (κ1) is 20.9. The minimum Gasteiger partial charge on any atom is -0.444 e. The molecule has 1 aliphatic carbocycles. The van der Waals surface area contributed by atoms with Crippen LogP contribution in [0, 0.1) is 0 Å². The normalized spacial score (nSPS) is 19.2. The lowest BCUT2D eigenvalue weighted by atomic mass is 9.95. The highest BCUT2D eigenvalue weighted by molar-refractivity contribution is 6.30. The van der Waals surface area contributed by atoms with Gasteiger partial charge in [0.2, 0.25) is 5.91 Å². The molecule has 1 heterocycles. The topological polar surface area (TPSA) is 61.9 Å². The Labute approximate surface area is 172 Å². The van der Waals surface area contributed by atoms with E-state index in [0.29, 0.717) is 24.7 Å². The lowest BCUT2D eigenvalue weighted by Crippen LogP contribution is -2.51. The number of nitrogens with one attached hydrogen (secondary N) is 1. The standard InChI is InChI=1S/C21H30ClN3O3/c1-20(2,3)28-19(27)25-13-11-24(12-14-25)10-9-23-18(26)21(7-8-21)16-5-4-6-17(22)15-16/h4-6,15H,7-14H2,1-3H3,(H,23,26). The van der Waals surface area contributed by atoms with Crippen LogP contribution in [0.15, 0.2) is 24.3 Å². The number of rotatable bonds is 5. The fourth-order valence-electron chi connectivity index (χ4n) is 3.54. The third kappa shape index (κ3) is 5.17. The molecule has 1 saturated heterocycles. The van der Waals surface area contributed by atoms with Gasteiger partial charge in [-0.05, 0) is 51.3 Å². The quantitative estimate of drug-likeness (QED) is 0.814. The summed E-state index contributed by atoms with van der Waals surface area (Å²) in [4.78, 5) is 28.8. The molecule has 3 rings (SSSR count). The maximum absolute atomic E-state index is 12.7. The van der Waals surface area contributed by atoms with Gasteiger partial charge < -0.3 is 15.0 Å². The number of piperazine rings is 1. The molecule has 0 unspecified atom stereocenters. The predicted molar refractivity (Wildman–Crippen MR) is 110 cm³/mol. The number of benzene rings is 1. The molecule has 1 aliphatic heterocycles. The van der Waals surface area contributed by atoms with Gasteiger partial charge in [0, 0.05) is 44.3 Å². The molecule has 0 aromatic heterocycles. The van der Waals surface area contributed by atoms with Gasteiger partial charge in [-0.15, -0.1) is 0 Å². The zero-order chi connectivity index (χ0) is 20.4. The molecule has 2 fully saturated rings. The summed E-state index contributed by atoms with van der Waals surface area (Å²) in [7, 11) is 0. The Balaban J connectivity index is 1.41. The van der Waals surface area contributed by atoms with E-state index < -0.39 is 11.0 Å². The summed E-state index contributed by atoms with van der Waals surface area (Å²) in [5.74, 6) is 0.0853. The summed E-state index contributed by atoms with van der Waals surface area (Å²) in [5, 5.41) is 3.75. The molecule has 1 aromatic carbocycles. The fourth-order valence-corrected chi connectivity index (χ4v) is 3.73. The third-order valence-electron chi connectivity index (χ3n) is 5.30. The van der Waals surface area contributed by atoms with Crippen LogP contribution < -0.4 is 5.32 Å². The second-order valence-corrected chi connectivity index (χ2v) is 9.09. The van der Waals surface area contributed by atoms with Gasteiger partial charge in [-0.3, -0.25) is 9.69 Å². The average molecular weight is 408 g/mol. The van der Waals surface area contributed by atoms with Crippen molar-refractivity contribution in [2.45, 2.75) is 44.6 Å². The highest BCUT2D eigenvalue weighted by Crippen LogP contribution is 2.48. The largest absolute Gasteiger partial charge is 0.444 e. The van der Waals surface area contributed by atoms with Gasteiger partial charge in [0.05, 0.1) is 5.41 Å². The van der Waals surface area contributed by atoms with Gasteiger partial charge in [-0.25, -0.2) is 4.79 Å². The maximum Gasteiger partial charge on any atom is 0.410 e. The highest BCUT2D eigenvalue weighted by Gasteiger charge is 2.51. The van der Waals surface area contributed by atoms with Crippen LogP contribution in [0.5, 0.6) is 0 Å². The molecular formula is C21H30ClN3O3. The Morgan fingerprint density at radius 3 is 2.43 bits per heavy atom. The number of ether oxygens (including phenoxy) is 1. The van der Waals surface area contributed by atoms with Gasteiger partial charge in [0.25, 0.3) is 0 Å². The molecular weight excluding hydrogens is 378 g/mol. The molecule has 7 heteroatoms. The van der Waals surface area contributed by atoms with Gasteiger partial charge in [0.15, 0.2) is 0 Å². The number of halogens is 1. The van der Waals surface area contributed by atoms with Gasteiger partial charge in [0.1, 0.15) is 5.60 Å². The van der Waals surface area contributed by atoms with Crippen LogP contribution in [0.2, 0.25) is 5.02 Å². The SMILES string of the molecule is CC(C)(C)OC(=O)N1CCN(CCNC(=O)C2(c3cccc(Cl)c3)CC2)CC1. The smallest absolute Gasteiger partial charge is 0.410 e. The van der Waals surface area contributed by atoms with Crippen LogP contribution in [0.3, 0.4) is 0 Å². The summed E-state index contributed by atoms with van der Waals surface area (Å²) in [5.41, 5.74) is 0.129. The fraction of sp³-hybridized carbons (Fsp3) is 0.619. The van der Waals surface area contributed by atoms with Gasteiger partial charge in [-0.1, -0.05) is 23.7 Å².